The van der Waals surface area contributed by atoms with Gasteiger partial charge < -0.3 is 26.6 Å². The summed E-state index contributed by atoms with van der Waals surface area (Å²) in [6.45, 7) is 5.51. The van der Waals surface area contributed by atoms with Crippen LogP contribution in [0.5, 0.6) is 0 Å². The molecule has 0 bridgehead atoms. The topological polar surface area (TPSA) is 151 Å². The number of fused-ring (bicyclic) bond motifs is 1. The van der Waals surface area contributed by atoms with Crippen molar-refractivity contribution < 1.29 is 4.79 Å². The fraction of sp³-hybridized carbons (Fsp3) is 0.214. The molecule has 0 radical (unpaired) electrons. The molecule has 13 heteroatoms. The number of carbonyl (C=O) groups excluding carboxylic acids is 1. The van der Waals surface area contributed by atoms with Crippen molar-refractivity contribution in [3.8, 4) is 11.3 Å². The normalized spacial score (nSPS) is 14.1. The quantitative estimate of drug-likeness (QED) is 0.229. The van der Waals surface area contributed by atoms with E-state index in [9.17, 15) is 4.79 Å². The third-order valence-electron chi connectivity index (χ3n) is 6.76. The molecule has 5 N–H and O–H groups in total. The molecule has 1 fully saturated rings. The summed E-state index contributed by atoms with van der Waals surface area (Å²) in [6.07, 6.45) is 1.58. The minimum Gasteiger partial charge on any atom is -0.382 e. The summed E-state index contributed by atoms with van der Waals surface area (Å²) in [5.74, 6) is 0.557. The van der Waals surface area contributed by atoms with Gasteiger partial charge in [0.05, 0.1) is 17.9 Å². The molecule has 4 heterocycles. The molecule has 0 spiro atoms. The van der Waals surface area contributed by atoms with Gasteiger partial charge in [0.15, 0.2) is 28.8 Å². The smallest absolute Gasteiger partial charge is 0.274 e. The first-order valence-corrected chi connectivity index (χ1v) is 13.6. The number of nitrogens with one attached hydrogen (secondary N) is 3. The van der Waals surface area contributed by atoms with Crippen LogP contribution in [0.15, 0.2) is 66.9 Å². The second kappa shape index (κ2) is 11.4. The predicted octanol–water partition coefficient (Wildman–Crippen LogP) is 3.46. The van der Waals surface area contributed by atoms with Crippen LogP contribution in [-0.4, -0.2) is 61.9 Å². The first kappa shape index (κ1) is 26.4. The molecular formula is C28H28ClN11O. The summed E-state index contributed by atoms with van der Waals surface area (Å²) >= 11 is 6.10. The molecular weight excluding hydrogens is 542 g/mol. The highest BCUT2D eigenvalue weighted by atomic mass is 35.5. The van der Waals surface area contributed by atoms with Gasteiger partial charge in [-0.25, -0.2) is 9.97 Å². The van der Waals surface area contributed by atoms with E-state index in [0.717, 1.165) is 43.1 Å². The van der Waals surface area contributed by atoms with Crippen LogP contribution in [0.4, 0.5) is 23.0 Å². The lowest BCUT2D eigenvalue weighted by molar-refractivity contribution is 0.0933. The van der Waals surface area contributed by atoms with E-state index in [1.54, 1.807) is 41.9 Å². The van der Waals surface area contributed by atoms with E-state index in [0.29, 0.717) is 28.0 Å². The highest BCUT2D eigenvalue weighted by molar-refractivity contribution is 6.30. The van der Waals surface area contributed by atoms with Gasteiger partial charge in [-0.3, -0.25) is 4.79 Å². The van der Waals surface area contributed by atoms with Crippen LogP contribution in [-0.2, 0) is 0 Å². The molecule has 1 aliphatic rings. The summed E-state index contributed by atoms with van der Waals surface area (Å²) < 4.78 is 1.57. The Labute approximate surface area is 241 Å². The van der Waals surface area contributed by atoms with Crippen molar-refractivity contribution in [2.45, 2.75) is 13.0 Å². The van der Waals surface area contributed by atoms with Crippen LogP contribution in [0.25, 0.3) is 16.9 Å². The lowest BCUT2D eigenvalue weighted by Crippen LogP contribution is -2.43. The second-order valence-corrected chi connectivity index (χ2v) is 10.1. The molecule has 208 valence electrons. The zero-order chi connectivity index (χ0) is 28.3. The first-order valence-electron chi connectivity index (χ1n) is 13.2. The molecule has 6 rings (SSSR count). The SMILES string of the molecule is C[C@@H](NC(=O)c1nc(-c2cccc(N3CCNCC3)c2)cnc1N)c1nnc2ccc(Nc3cccc(Cl)c3)nn12. The van der Waals surface area contributed by atoms with Crippen molar-refractivity contribution in [2.75, 3.05) is 42.1 Å². The Morgan fingerprint density at radius 2 is 1.90 bits per heavy atom. The Hall–Kier alpha value is -4.81. The van der Waals surface area contributed by atoms with E-state index in [2.05, 4.69) is 58.2 Å². The van der Waals surface area contributed by atoms with E-state index in [1.165, 1.54) is 0 Å². The van der Waals surface area contributed by atoms with Crippen molar-refractivity contribution in [2.24, 2.45) is 0 Å². The fourth-order valence-corrected chi connectivity index (χ4v) is 4.87. The number of rotatable bonds is 7. The van der Waals surface area contributed by atoms with E-state index in [1.807, 2.05) is 24.3 Å². The molecule has 5 aromatic rings. The van der Waals surface area contributed by atoms with Crippen molar-refractivity contribution in [1.29, 1.82) is 0 Å². The number of nitrogens with two attached hydrogens (primary N) is 1. The van der Waals surface area contributed by atoms with Crippen molar-refractivity contribution >= 4 is 46.2 Å². The van der Waals surface area contributed by atoms with Gasteiger partial charge in [-0.15, -0.1) is 15.3 Å². The number of amides is 1. The Morgan fingerprint density at radius 3 is 2.73 bits per heavy atom. The molecule has 41 heavy (non-hydrogen) atoms. The number of anilines is 4. The van der Waals surface area contributed by atoms with Gasteiger partial charge in [0, 0.05) is 48.1 Å². The van der Waals surface area contributed by atoms with E-state index >= 15 is 0 Å². The monoisotopic (exact) mass is 569 g/mol. The number of benzene rings is 2. The predicted molar refractivity (Wildman–Crippen MR) is 158 cm³/mol. The Kier molecular flexibility index (Phi) is 7.32. The van der Waals surface area contributed by atoms with Gasteiger partial charge in [0.2, 0.25) is 0 Å². The molecule has 1 atom stereocenters. The summed E-state index contributed by atoms with van der Waals surface area (Å²) in [5, 5.41) is 23.1. The highest BCUT2D eigenvalue weighted by Crippen LogP contribution is 2.25. The third kappa shape index (κ3) is 5.74. The van der Waals surface area contributed by atoms with Crippen LogP contribution < -0.4 is 26.6 Å². The number of piperazine rings is 1. The first-order chi connectivity index (χ1) is 19.9. The fourth-order valence-electron chi connectivity index (χ4n) is 4.68. The van der Waals surface area contributed by atoms with E-state index < -0.39 is 11.9 Å². The Morgan fingerprint density at radius 1 is 1.07 bits per heavy atom. The Bertz CT molecular complexity index is 1720. The van der Waals surface area contributed by atoms with Crippen LogP contribution in [0.2, 0.25) is 5.02 Å². The summed E-state index contributed by atoms with van der Waals surface area (Å²) in [6, 6.07) is 18.4. The molecule has 0 aliphatic carbocycles. The van der Waals surface area contributed by atoms with Gasteiger partial charge in [0.1, 0.15) is 0 Å². The lowest BCUT2D eigenvalue weighted by atomic mass is 10.1. The molecule has 2 aromatic carbocycles. The number of halogens is 1. The van der Waals surface area contributed by atoms with Crippen LogP contribution in [0, 0.1) is 0 Å². The zero-order valence-electron chi connectivity index (χ0n) is 22.3. The minimum atomic E-state index is -0.563. The zero-order valence-corrected chi connectivity index (χ0v) is 23.0. The molecule has 1 aliphatic heterocycles. The molecule has 1 saturated heterocycles. The van der Waals surface area contributed by atoms with Crippen LogP contribution in [0.1, 0.15) is 29.3 Å². The molecule has 0 unspecified atom stereocenters. The number of aromatic nitrogens is 6. The van der Waals surface area contributed by atoms with Gasteiger partial charge in [-0.05, 0) is 49.4 Å². The van der Waals surface area contributed by atoms with Crippen molar-refractivity contribution in [1.82, 2.24) is 40.4 Å². The third-order valence-corrected chi connectivity index (χ3v) is 6.99. The largest absolute Gasteiger partial charge is 0.382 e. The summed E-state index contributed by atoms with van der Waals surface area (Å²) in [4.78, 5) is 24.5. The van der Waals surface area contributed by atoms with Gasteiger partial charge in [0.25, 0.3) is 5.91 Å². The maximum absolute atomic E-state index is 13.3. The second-order valence-electron chi connectivity index (χ2n) is 9.65. The average molecular weight is 570 g/mol. The van der Waals surface area contributed by atoms with Crippen LogP contribution in [0.3, 0.4) is 0 Å². The van der Waals surface area contributed by atoms with Gasteiger partial charge in [-0.1, -0.05) is 29.8 Å². The number of nitrogen functional groups attached to an aromatic ring is 1. The van der Waals surface area contributed by atoms with Crippen LogP contribution >= 0.6 is 11.6 Å². The number of hydrogen-bond donors (Lipinski definition) is 4. The maximum atomic E-state index is 13.3. The van der Waals surface area contributed by atoms with Gasteiger partial charge >= 0.3 is 0 Å². The lowest BCUT2D eigenvalue weighted by Gasteiger charge is -2.29. The molecule has 0 saturated carbocycles. The Balaban J connectivity index is 1.22. The van der Waals surface area contributed by atoms with E-state index in [-0.39, 0.29) is 11.5 Å². The minimum absolute atomic E-state index is 0.0343. The molecule has 3 aromatic heterocycles. The number of nitrogens with zero attached hydrogens (tertiary/aromatic N) is 7. The van der Waals surface area contributed by atoms with Gasteiger partial charge in [-0.2, -0.15) is 4.52 Å². The summed E-state index contributed by atoms with van der Waals surface area (Å²) in [5.41, 5.74) is 9.94. The van der Waals surface area contributed by atoms with E-state index in [4.69, 9.17) is 17.3 Å². The molecule has 1 amide bonds. The maximum Gasteiger partial charge on any atom is 0.274 e. The van der Waals surface area contributed by atoms with Crippen molar-refractivity contribution in [3.63, 3.8) is 0 Å². The van der Waals surface area contributed by atoms with Crippen molar-refractivity contribution in [3.05, 3.63) is 83.4 Å². The highest BCUT2D eigenvalue weighted by Gasteiger charge is 2.22. The number of carbonyl (C=O) groups is 1. The standard InChI is InChI=1S/C28H28ClN11O/c1-17(27-37-36-24-9-8-23(38-40(24)27)34-20-6-3-5-19(29)15-20)33-28(41)25-26(30)32-16-22(35-25)18-4-2-7-21(14-18)39-12-10-31-11-13-39/h2-9,14-17,31H,10-13H2,1H3,(H2,30,32)(H,33,41)(H,34,38)/t17-/m1/s1. The summed E-state index contributed by atoms with van der Waals surface area (Å²) in [7, 11) is 0. The average Bonchev–Trinajstić information content (AvgIpc) is 3.41. The molecule has 12 nitrogen and oxygen atoms in total. The number of hydrogen-bond acceptors (Lipinski definition) is 10.